The normalized spacial score (nSPS) is 12.8. The average molecular weight is 286 g/mol. The molecule has 0 saturated carbocycles. The summed E-state index contributed by atoms with van der Waals surface area (Å²) in [5.74, 6) is 1.41. The Labute approximate surface area is 121 Å². The minimum atomic E-state index is -0.374. The number of benzene rings is 2. The summed E-state index contributed by atoms with van der Waals surface area (Å²) in [6.07, 6.45) is 0. The number of hydrogen-bond donors (Lipinski definition) is 1. The van der Waals surface area contributed by atoms with Gasteiger partial charge < -0.3 is 14.8 Å². The van der Waals surface area contributed by atoms with E-state index in [9.17, 15) is 10.1 Å². The number of nitrogens with one attached hydrogen (secondary N) is 1. The number of fused-ring (bicyclic) bond motifs is 1. The highest BCUT2D eigenvalue weighted by molar-refractivity contribution is 5.56. The molecule has 0 amide bonds. The maximum Gasteiger partial charge on any atom is 0.274 e. The predicted molar refractivity (Wildman–Crippen MR) is 77.9 cm³/mol. The van der Waals surface area contributed by atoms with Crippen LogP contribution >= 0.6 is 0 Å². The van der Waals surface area contributed by atoms with Crippen molar-refractivity contribution in [2.75, 3.05) is 18.5 Å². The summed E-state index contributed by atoms with van der Waals surface area (Å²) < 4.78 is 11.0. The van der Waals surface area contributed by atoms with E-state index in [1.54, 1.807) is 18.2 Å². The van der Waals surface area contributed by atoms with Gasteiger partial charge in [-0.05, 0) is 12.1 Å². The van der Waals surface area contributed by atoms with Crippen molar-refractivity contribution in [2.24, 2.45) is 0 Å². The minimum absolute atomic E-state index is 0.113. The second-order valence-electron chi connectivity index (χ2n) is 4.60. The lowest BCUT2D eigenvalue weighted by molar-refractivity contribution is -0.385. The molecule has 6 nitrogen and oxygen atoms in total. The fourth-order valence-electron chi connectivity index (χ4n) is 2.19. The van der Waals surface area contributed by atoms with Crippen molar-refractivity contribution < 1.29 is 14.4 Å². The summed E-state index contributed by atoms with van der Waals surface area (Å²) in [7, 11) is 0. The third-order valence-electron chi connectivity index (χ3n) is 3.21. The van der Waals surface area contributed by atoms with Crippen molar-refractivity contribution in [1.29, 1.82) is 0 Å². The van der Waals surface area contributed by atoms with Gasteiger partial charge in [-0.2, -0.15) is 0 Å². The molecule has 0 aromatic heterocycles. The number of nitrogens with zero attached hydrogens (tertiary/aromatic N) is 1. The van der Waals surface area contributed by atoms with Gasteiger partial charge in [-0.1, -0.05) is 18.2 Å². The van der Waals surface area contributed by atoms with E-state index in [0.717, 1.165) is 11.4 Å². The topological polar surface area (TPSA) is 73.6 Å². The Kier molecular flexibility index (Phi) is 3.59. The van der Waals surface area contributed by atoms with Crippen LogP contribution in [-0.2, 0) is 6.54 Å². The van der Waals surface area contributed by atoms with Crippen molar-refractivity contribution >= 4 is 11.4 Å². The van der Waals surface area contributed by atoms with E-state index in [1.807, 2.05) is 18.2 Å². The smallest absolute Gasteiger partial charge is 0.274 e. The monoisotopic (exact) mass is 286 g/mol. The molecule has 6 heteroatoms. The van der Waals surface area contributed by atoms with Gasteiger partial charge in [-0.15, -0.1) is 0 Å². The van der Waals surface area contributed by atoms with Gasteiger partial charge in [0.1, 0.15) is 13.2 Å². The summed E-state index contributed by atoms with van der Waals surface area (Å²) >= 11 is 0. The van der Waals surface area contributed by atoms with E-state index in [4.69, 9.17) is 9.47 Å². The van der Waals surface area contributed by atoms with Crippen molar-refractivity contribution in [1.82, 2.24) is 0 Å². The number of nitro groups is 1. The number of nitro benzene ring substituents is 1. The Morgan fingerprint density at radius 1 is 1.10 bits per heavy atom. The summed E-state index contributed by atoms with van der Waals surface area (Å²) in [5, 5.41) is 14.1. The molecule has 0 spiro atoms. The van der Waals surface area contributed by atoms with Crippen molar-refractivity contribution in [3.8, 4) is 11.5 Å². The molecule has 1 N–H and O–H groups in total. The Balaban J connectivity index is 1.75. The third kappa shape index (κ3) is 2.89. The van der Waals surface area contributed by atoms with Crippen LogP contribution in [0.2, 0.25) is 0 Å². The molecular weight excluding hydrogens is 272 g/mol. The van der Waals surface area contributed by atoms with E-state index in [0.29, 0.717) is 31.1 Å². The maximum absolute atomic E-state index is 11.0. The van der Waals surface area contributed by atoms with Gasteiger partial charge in [0, 0.05) is 29.9 Å². The number of anilines is 1. The highest BCUT2D eigenvalue weighted by Crippen LogP contribution is 2.32. The summed E-state index contributed by atoms with van der Waals surface area (Å²) in [6.45, 7) is 1.45. The van der Waals surface area contributed by atoms with E-state index in [1.165, 1.54) is 6.07 Å². The van der Waals surface area contributed by atoms with E-state index in [2.05, 4.69) is 5.32 Å². The second-order valence-corrected chi connectivity index (χ2v) is 4.60. The standard InChI is InChI=1S/C15H14N2O4/c18-17(19)13-4-2-1-3-11(13)10-16-12-5-6-14-15(9-12)21-8-7-20-14/h1-6,9,16H,7-8,10H2. The highest BCUT2D eigenvalue weighted by Gasteiger charge is 2.14. The fraction of sp³-hybridized carbons (Fsp3) is 0.200. The molecule has 0 saturated heterocycles. The predicted octanol–water partition coefficient (Wildman–Crippen LogP) is 2.98. The van der Waals surface area contributed by atoms with Crippen LogP contribution in [0, 0.1) is 10.1 Å². The molecule has 0 atom stereocenters. The third-order valence-corrected chi connectivity index (χ3v) is 3.21. The second kappa shape index (κ2) is 5.70. The largest absolute Gasteiger partial charge is 0.486 e. The van der Waals surface area contributed by atoms with Gasteiger partial charge >= 0.3 is 0 Å². The van der Waals surface area contributed by atoms with Crippen LogP contribution in [0.25, 0.3) is 0 Å². The summed E-state index contributed by atoms with van der Waals surface area (Å²) in [5.41, 5.74) is 1.58. The van der Waals surface area contributed by atoms with E-state index < -0.39 is 0 Å². The van der Waals surface area contributed by atoms with Crippen LogP contribution in [0.5, 0.6) is 11.5 Å². The first-order valence-corrected chi connectivity index (χ1v) is 6.60. The first-order valence-electron chi connectivity index (χ1n) is 6.60. The Morgan fingerprint density at radius 2 is 1.86 bits per heavy atom. The van der Waals surface area contributed by atoms with E-state index >= 15 is 0 Å². The molecule has 21 heavy (non-hydrogen) atoms. The Bertz CT molecular complexity index is 672. The molecule has 1 heterocycles. The van der Waals surface area contributed by atoms with Crippen LogP contribution in [0.3, 0.4) is 0 Å². The van der Waals surface area contributed by atoms with Gasteiger partial charge in [0.25, 0.3) is 5.69 Å². The number of para-hydroxylation sites is 1. The number of hydrogen-bond acceptors (Lipinski definition) is 5. The first kappa shape index (κ1) is 13.2. The molecule has 2 aromatic carbocycles. The molecule has 1 aliphatic rings. The highest BCUT2D eigenvalue weighted by atomic mass is 16.6. The van der Waals surface area contributed by atoms with Gasteiger partial charge in [0.15, 0.2) is 11.5 Å². The summed E-state index contributed by atoms with van der Waals surface area (Å²) in [4.78, 5) is 10.6. The van der Waals surface area contributed by atoms with Gasteiger partial charge in [0.2, 0.25) is 0 Å². The van der Waals surface area contributed by atoms with Crippen LogP contribution in [0.1, 0.15) is 5.56 Å². The zero-order chi connectivity index (χ0) is 14.7. The average Bonchev–Trinajstić information content (AvgIpc) is 2.53. The summed E-state index contributed by atoms with van der Waals surface area (Å²) in [6, 6.07) is 12.2. The van der Waals surface area contributed by atoms with Gasteiger partial charge in [0.05, 0.1) is 4.92 Å². The van der Waals surface area contributed by atoms with Gasteiger partial charge in [-0.3, -0.25) is 10.1 Å². The van der Waals surface area contributed by atoms with Gasteiger partial charge in [-0.25, -0.2) is 0 Å². The molecule has 3 rings (SSSR count). The van der Waals surface area contributed by atoms with Crippen LogP contribution < -0.4 is 14.8 Å². The van der Waals surface area contributed by atoms with Crippen LogP contribution in [0.4, 0.5) is 11.4 Å². The van der Waals surface area contributed by atoms with Crippen LogP contribution in [-0.4, -0.2) is 18.1 Å². The molecule has 0 unspecified atom stereocenters. The maximum atomic E-state index is 11.0. The van der Waals surface area contributed by atoms with Crippen molar-refractivity contribution in [3.05, 3.63) is 58.1 Å². The molecule has 0 radical (unpaired) electrons. The van der Waals surface area contributed by atoms with Crippen molar-refractivity contribution in [2.45, 2.75) is 6.54 Å². The van der Waals surface area contributed by atoms with Crippen LogP contribution in [0.15, 0.2) is 42.5 Å². The number of rotatable bonds is 4. The zero-order valence-electron chi connectivity index (χ0n) is 11.2. The molecule has 0 aliphatic carbocycles. The zero-order valence-corrected chi connectivity index (χ0v) is 11.2. The lowest BCUT2D eigenvalue weighted by atomic mass is 10.1. The van der Waals surface area contributed by atoms with Crippen molar-refractivity contribution in [3.63, 3.8) is 0 Å². The molecule has 1 aliphatic heterocycles. The fourth-order valence-corrected chi connectivity index (χ4v) is 2.19. The molecule has 0 bridgehead atoms. The Morgan fingerprint density at radius 3 is 2.67 bits per heavy atom. The lowest BCUT2D eigenvalue weighted by Crippen LogP contribution is -2.15. The molecule has 2 aromatic rings. The van der Waals surface area contributed by atoms with E-state index in [-0.39, 0.29) is 10.6 Å². The Hall–Kier alpha value is -2.76. The number of ether oxygens (including phenoxy) is 2. The molecule has 0 fully saturated rings. The molecular formula is C15H14N2O4. The lowest BCUT2D eigenvalue weighted by Gasteiger charge is -2.19. The quantitative estimate of drug-likeness (QED) is 0.691. The SMILES string of the molecule is O=[N+]([O-])c1ccccc1CNc1ccc2c(c1)OCCO2. The molecule has 108 valence electrons. The minimum Gasteiger partial charge on any atom is -0.486 e. The first-order chi connectivity index (χ1) is 10.2.